The van der Waals surface area contributed by atoms with Gasteiger partial charge in [-0.1, -0.05) is 64.2 Å². The highest BCUT2D eigenvalue weighted by molar-refractivity contribution is 5.89. The zero-order valence-corrected chi connectivity index (χ0v) is 30.6. The molecule has 0 radical (unpaired) electrons. The third-order valence-electron chi connectivity index (χ3n) is 10.9. The lowest BCUT2D eigenvalue weighted by atomic mass is 9.79. The number of carbonyl (C=O) groups is 2. The first-order chi connectivity index (χ1) is 24.9. The lowest BCUT2D eigenvalue weighted by molar-refractivity contribution is -0.349. The Hall–Kier alpha value is -2.24. The van der Waals surface area contributed by atoms with Crippen molar-refractivity contribution in [3.63, 3.8) is 0 Å². The summed E-state index contributed by atoms with van der Waals surface area (Å²) in [5.74, 6) is -1.16. The molecule has 4 aliphatic rings. The Morgan fingerprint density at radius 1 is 0.827 bits per heavy atom. The zero-order valence-electron chi connectivity index (χ0n) is 30.6. The minimum absolute atomic E-state index is 0.116. The second kappa shape index (κ2) is 18.9. The molecule has 1 aromatic rings. The van der Waals surface area contributed by atoms with Gasteiger partial charge in [0.2, 0.25) is 0 Å². The molecule has 2 aliphatic carbocycles. The maximum Gasteiger partial charge on any atom is 0.338 e. The SMILES string of the molecule is CCOC(=O)[C@H](CC1CCCCC1)OC1C(O)C(CO)OC(OC2CC(C)CC(C)C2OC2OC(C)C(O)C(O)C2O)C1OC(=O)c1ccccc1. The first-order valence-corrected chi connectivity index (χ1v) is 18.9. The molecule has 2 heterocycles. The van der Waals surface area contributed by atoms with Gasteiger partial charge in [-0.25, -0.2) is 9.59 Å². The smallest absolute Gasteiger partial charge is 0.338 e. The molecule has 14 heteroatoms. The molecule has 14 unspecified atom stereocenters. The summed E-state index contributed by atoms with van der Waals surface area (Å²) >= 11 is 0. The van der Waals surface area contributed by atoms with Crippen molar-refractivity contribution >= 4 is 11.9 Å². The van der Waals surface area contributed by atoms with Crippen LogP contribution < -0.4 is 0 Å². The minimum Gasteiger partial charge on any atom is -0.464 e. The van der Waals surface area contributed by atoms with Crippen molar-refractivity contribution in [3.05, 3.63) is 35.9 Å². The molecular weight excluding hydrogens is 680 g/mol. The highest BCUT2D eigenvalue weighted by atomic mass is 16.7. The molecular formula is C38H58O14. The third kappa shape index (κ3) is 9.89. The van der Waals surface area contributed by atoms with Crippen LogP contribution in [0.25, 0.3) is 0 Å². The van der Waals surface area contributed by atoms with Crippen LogP contribution in [-0.2, 0) is 38.0 Å². The van der Waals surface area contributed by atoms with Gasteiger partial charge in [0.1, 0.15) is 36.6 Å². The van der Waals surface area contributed by atoms with Crippen molar-refractivity contribution in [1.82, 2.24) is 0 Å². The van der Waals surface area contributed by atoms with Gasteiger partial charge in [-0.05, 0) is 63.0 Å². The van der Waals surface area contributed by atoms with Gasteiger partial charge < -0.3 is 58.7 Å². The van der Waals surface area contributed by atoms with Crippen LogP contribution in [0.4, 0.5) is 0 Å². The van der Waals surface area contributed by atoms with Gasteiger partial charge in [0, 0.05) is 0 Å². The maximum atomic E-state index is 13.6. The van der Waals surface area contributed by atoms with Crippen LogP contribution in [0, 0.1) is 17.8 Å². The summed E-state index contributed by atoms with van der Waals surface area (Å²) in [4.78, 5) is 27.0. The number of hydrogen-bond acceptors (Lipinski definition) is 14. The van der Waals surface area contributed by atoms with Crippen LogP contribution in [0.15, 0.2) is 30.3 Å². The van der Waals surface area contributed by atoms with E-state index >= 15 is 0 Å². The number of ether oxygens (including phenoxy) is 7. The molecule has 1 aromatic carbocycles. The average molecular weight is 739 g/mol. The molecule has 0 amide bonds. The van der Waals surface area contributed by atoms with Crippen molar-refractivity contribution in [2.24, 2.45) is 17.8 Å². The topological polar surface area (TPSA) is 200 Å². The molecule has 2 aliphatic heterocycles. The molecule has 5 N–H and O–H groups in total. The molecule has 52 heavy (non-hydrogen) atoms. The first-order valence-electron chi connectivity index (χ1n) is 18.9. The second-order valence-corrected chi connectivity index (χ2v) is 15.0. The number of benzene rings is 1. The second-order valence-electron chi connectivity index (χ2n) is 15.0. The van der Waals surface area contributed by atoms with Crippen molar-refractivity contribution in [2.45, 2.75) is 159 Å². The molecule has 0 aromatic heterocycles. The predicted octanol–water partition coefficient (Wildman–Crippen LogP) is 2.24. The van der Waals surface area contributed by atoms with Gasteiger partial charge in [0.05, 0.1) is 37.1 Å². The van der Waals surface area contributed by atoms with E-state index in [4.69, 9.17) is 33.2 Å². The van der Waals surface area contributed by atoms with Gasteiger partial charge in [0.25, 0.3) is 0 Å². The van der Waals surface area contributed by atoms with Gasteiger partial charge in [0.15, 0.2) is 24.8 Å². The van der Waals surface area contributed by atoms with E-state index in [0.717, 1.165) is 38.5 Å². The highest BCUT2D eigenvalue weighted by Crippen LogP contribution is 2.39. The van der Waals surface area contributed by atoms with E-state index in [-0.39, 0.29) is 29.9 Å². The van der Waals surface area contributed by atoms with Gasteiger partial charge in [-0.2, -0.15) is 0 Å². The fraction of sp³-hybridized carbons (Fsp3) is 0.789. The van der Waals surface area contributed by atoms with Crippen LogP contribution >= 0.6 is 0 Å². The summed E-state index contributed by atoms with van der Waals surface area (Å²) < 4.78 is 42.8. The van der Waals surface area contributed by atoms with Crippen molar-refractivity contribution in [1.29, 1.82) is 0 Å². The lowest BCUT2D eigenvalue weighted by Gasteiger charge is -2.48. The molecule has 15 atom stereocenters. The van der Waals surface area contributed by atoms with E-state index in [9.17, 15) is 35.1 Å². The maximum absolute atomic E-state index is 13.6. The lowest BCUT2D eigenvalue weighted by Crippen LogP contribution is -2.64. The van der Waals surface area contributed by atoms with E-state index in [1.807, 2.05) is 13.8 Å². The highest BCUT2D eigenvalue weighted by Gasteiger charge is 2.53. The average Bonchev–Trinajstić information content (AvgIpc) is 3.13. The van der Waals surface area contributed by atoms with Crippen LogP contribution in [0.3, 0.4) is 0 Å². The van der Waals surface area contributed by atoms with E-state index < -0.39 is 98.3 Å². The van der Waals surface area contributed by atoms with Crippen molar-refractivity contribution in [3.8, 4) is 0 Å². The summed E-state index contributed by atoms with van der Waals surface area (Å²) in [5.41, 5.74) is 0.224. The van der Waals surface area contributed by atoms with Crippen LogP contribution in [-0.4, -0.2) is 130 Å². The number of aliphatic hydroxyl groups is 5. The standard InChI is InChI=1S/C38H58O14/c1-5-46-36(45)26(18-23-12-8-6-9-13-23)48-33-29(41)27(19-39)50-38(34(33)51-35(44)24-14-10-7-11-15-24)49-25-17-20(2)16-21(3)32(25)52-37-31(43)30(42)28(40)22(4)47-37/h7,10-11,14-15,20-23,25-34,37-43H,5-6,8-9,12-13,16-19H2,1-4H3/t20?,21?,22?,25?,26-,27?,28?,29?,30?,31?,32?,33?,34?,37?,38?/m0/s1. The largest absolute Gasteiger partial charge is 0.464 e. The van der Waals surface area contributed by atoms with Gasteiger partial charge >= 0.3 is 11.9 Å². The Labute approximate surface area is 305 Å². The van der Waals surface area contributed by atoms with Gasteiger partial charge in [-0.15, -0.1) is 0 Å². The fourth-order valence-electron chi connectivity index (χ4n) is 8.13. The Balaban J connectivity index is 1.46. The van der Waals surface area contributed by atoms with Crippen LogP contribution in [0.5, 0.6) is 0 Å². The number of rotatable bonds is 13. The summed E-state index contributed by atoms with van der Waals surface area (Å²) in [7, 11) is 0. The molecule has 0 bridgehead atoms. The molecule has 294 valence electrons. The number of esters is 2. The molecule has 5 rings (SSSR count). The van der Waals surface area contributed by atoms with E-state index in [1.54, 1.807) is 44.2 Å². The third-order valence-corrected chi connectivity index (χ3v) is 10.9. The number of carbonyl (C=O) groups excluding carboxylic acids is 2. The monoisotopic (exact) mass is 738 g/mol. The molecule has 0 spiro atoms. The number of aliphatic hydroxyl groups excluding tert-OH is 5. The Morgan fingerprint density at radius 3 is 2.21 bits per heavy atom. The van der Waals surface area contributed by atoms with E-state index in [2.05, 4.69) is 0 Å². The predicted molar refractivity (Wildman–Crippen MR) is 184 cm³/mol. The van der Waals surface area contributed by atoms with Crippen LogP contribution in [0.2, 0.25) is 0 Å². The summed E-state index contributed by atoms with van der Waals surface area (Å²) in [6.07, 6.45) is -9.48. The van der Waals surface area contributed by atoms with Crippen molar-refractivity contribution in [2.75, 3.05) is 13.2 Å². The Kier molecular flexibility index (Phi) is 14.9. The molecule has 2 saturated heterocycles. The van der Waals surface area contributed by atoms with Gasteiger partial charge in [-0.3, -0.25) is 0 Å². The molecule has 14 nitrogen and oxygen atoms in total. The first kappa shape index (κ1) is 40.9. The normalized spacial score (nSPS) is 39.4. The zero-order chi connectivity index (χ0) is 37.5. The molecule has 4 fully saturated rings. The quantitative estimate of drug-likeness (QED) is 0.185. The summed E-state index contributed by atoms with van der Waals surface area (Å²) in [6, 6.07) is 8.26. The van der Waals surface area contributed by atoms with Crippen molar-refractivity contribution < 1.29 is 68.3 Å². The van der Waals surface area contributed by atoms with E-state index in [0.29, 0.717) is 12.8 Å². The molecule has 2 saturated carbocycles. The van der Waals surface area contributed by atoms with E-state index in [1.165, 1.54) is 0 Å². The fourth-order valence-corrected chi connectivity index (χ4v) is 8.13. The Bertz CT molecular complexity index is 1260. The number of hydrogen-bond donors (Lipinski definition) is 5. The Morgan fingerprint density at radius 2 is 1.54 bits per heavy atom. The summed E-state index contributed by atoms with van der Waals surface area (Å²) in [6.45, 7) is 6.75. The van der Waals surface area contributed by atoms with Crippen LogP contribution in [0.1, 0.15) is 89.4 Å². The minimum atomic E-state index is -1.54. The summed E-state index contributed by atoms with van der Waals surface area (Å²) in [5, 5.41) is 53.5.